The molecule has 0 radical (unpaired) electrons. The first-order chi connectivity index (χ1) is 28.8. The molecule has 0 saturated heterocycles. The summed E-state index contributed by atoms with van der Waals surface area (Å²) in [5, 5.41) is 18.9. The monoisotopic (exact) mass is 742 g/mol. The smallest absolute Gasteiger partial charge is 0.159 e. The fourth-order valence-corrected chi connectivity index (χ4v) is 8.77. The van der Waals surface area contributed by atoms with Crippen molar-refractivity contribution in [3.05, 3.63) is 216 Å². The van der Waals surface area contributed by atoms with Crippen molar-refractivity contribution in [2.75, 3.05) is 0 Å². The van der Waals surface area contributed by atoms with Crippen molar-refractivity contribution in [2.24, 2.45) is 9.98 Å². The maximum atomic E-state index is 10.7. The molecule has 1 N–H and O–H groups in total. The number of hydrogen-bond donors (Lipinski definition) is 1. The minimum atomic E-state index is -0.470. The van der Waals surface area contributed by atoms with Crippen molar-refractivity contribution >= 4 is 55.3 Å². The zero-order valence-electron chi connectivity index (χ0n) is 31.3. The van der Waals surface area contributed by atoms with Crippen molar-refractivity contribution in [3.63, 3.8) is 0 Å². The lowest BCUT2D eigenvalue weighted by atomic mass is 9.95. The predicted molar refractivity (Wildman–Crippen MR) is 237 cm³/mol. The SMILES string of the molecule is N#Cc1cccc2c3c(-c4cccc5c4c4ccccc4n5-c4ccccc4)cccc3n(-c3ccccc3C3N=C(c4ccccc4)N=C(c4ccccc4)N3)c12. The highest BCUT2D eigenvalue weighted by Gasteiger charge is 2.27. The Morgan fingerprint density at radius 3 is 1.81 bits per heavy atom. The summed E-state index contributed by atoms with van der Waals surface area (Å²) in [4.78, 5) is 10.3. The van der Waals surface area contributed by atoms with Crippen LogP contribution in [0.2, 0.25) is 0 Å². The average Bonchev–Trinajstić information content (AvgIpc) is 3.83. The Bertz CT molecular complexity index is 3310. The van der Waals surface area contributed by atoms with Crippen LogP contribution in [0.3, 0.4) is 0 Å². The van der Waals surface area contributed by atoms with Crippen LogP contribution in [0.4, 0.5) is 0 Å². The van der Waals surface area contributed by atoms with Crippen LogP contribution in [-0.4, -0.2) is 20.8 Å². The molecule has 10 aromatic rings. The van der Waals surface area contributed by atoms with E-state index in [-0.39, 0.29) is 0 Å². The number of para-hydroxylation sites is 4. The highest BCUT2D eigenvalue weighted by atomic mass is 15.2. The molecule has 2 aromatic heterocycles. The van der Waals surface area contributed by atoms with E-state index in [1.54, 1.807) is 0 Å². The summed E-state index contributed by atoms with van der Waals surface area (Å²) in [6.45, 7) is 0. The van der Waals surface area contributed by atoms with Gasteiger partial charge >= 0.3 is 0 Å². The Morgan fingerprint density at radius 2 is 1.07 bits per heavy atom. The number of benzene rings is 8. The molecular weight excluding hydrogens is 709 g/mol. The van der Waals surface area contributed by atoms with Crippen LogP contribution < -0.4 is 5.32 Å². The summed E-state index contributed by atoms with van der Waals surface area (Å²) in [6.07, 6.45) is -0.470. The molecule has 0 bridgehead atoms. The summed E-state index contributed by atoms with van der Waals surface area (Å²) in [5.41, 5.74) is 11.9. The van der Waals surface area contributed by atoms with E-state index in [4.69, 9.17) is 9.98 Å². The molecule has 6 nitrogen and oxygen atoms in total. The molecule has 0 amide bonds. The molecular formula is C52H34N6. The number of amidine groups is 2. The van der Waals surface area contributed by atoms with Gasteiger partial charge in [-0.2, -0.15) is 5.26 Å². The Morgan fingerprint density at radius 1 is 0.500 bits per heavy atom. The van der Waals surface area contributed by atoms with E-state index in [0.29, 0.717) is 11.4 Å². The molecule has 6 heteroatoms. The van der Waals surface area contributed by atoms with Gasteiger partial charge in [0.05, 0.1) is 33.3 Å². The van der Waals surface area contributed by atoms with Crippen LogP contribution in [0.15, 0.2) is 204 Å². The Labute approximate surface area is 334 Å². The van der Waals surface area contributed by atoms with Gasteiger partial charge in [-0.15, -0.1) is 0 Å². The zero-order valence-corrected chi connectivity index (χ0v) is 31.3. The molecule has 11 rings (SSSR count). The second kappa shape index (κ2) is 13.6. The van der Waals surface area contributed by atoms with Crippen LogP contribution in [0, 0.1) is 11.3 Å². The highest BCUT2D eigenvalue weighted by molar-refractivity contribution is 6.23. The molecule has 1 aliphatic rings. The predicted octanol–water partition coefficient (Wildman–Crippen LogP) is 11.9. The van der Waals surface area contributed by atoms with Crippen LogP contribution in [-0.2, 0) is 0 Å². The third-order valence-corrected chi connectivity index (χ3v) is 11.2. The summed E-state index contributed by atoms with van der Waals surface area (Å²) in [5.74, 6) is 1.40. The molecule has 3 heterocycles. The molecule has 0 fully saturated rings. The molecule has 58 heavy (non-hydrogen) atoms. The van der Waals surface area contributed by atoms with Crippen LogP contribution in [0.5, 0.6) is 0 Å². The van der Waals surface area contributed by atoms with E-state index >= 15 is 0 Å². The first-order valence-electron chi connectivity index (χ1n) is 19.4. The van der Waals surface area contributed by atoms with Crippen molar-refractivity contribution in [3.8, 4) is 28.6 Å². The quantitative estimate of drug-likeness (QED) is 0.184. The van der Waals surface area contributed by atoms with Gasteiger partial charge in [-0.1, -0.05) is 152 Å². The Kier molecular flexibility index (Phi) is 7.83. The third kappa shape index (κ3) is 5.26. The lowest BCUT2D eigenvalue weighted by Gasteiger charge is -2.26. The minimum Gasteiger partial charge on any atom is -0.344 e. The molecule has 1 aliphatic heterocycles. The first-order valence-corrected chi connectivity index (χ1v) is 19.4. The van der Waals surface area contributed by atoms with Gasteiger partial charge in [-0.05, 0) is 53.6 Å². The van der Waals surface area contributed by atoms with Crippen molar-refractivity contribution in [2.45, 2.75) is 6.17 Å². The maximum Gasteiger partial charge on any atom is 0.159 e. The Hall–Kier alpha value is -8.01. The lowest BCUT2D eigenvalue weighted by Crippen LogP contribution is -2.34. The largest absolute Gasteiger partial charge is 0.344 e. The van der Waals surface area contributed by atoms with Crippen LogP contribution >= 0.6 is 0 Å². The number of rotatable bonds is 6. The van der Waals surface area contributed by atoms with E-state index in [2.05, 4.69) is 154 Å². The average molecular weight is 743 g/mol. The number of fused-ring (bicyclic) bond motifs is 6. The van der Waals surface area contributed by atoms with Crippen molar-refractivity contribution in [1.82, 2.24) is 14.5 Å². The van der Waals surface area contributed by atoms with Gasteiger partial charge in [0.15, 0.2) is 5.84 Å². The number of hydrogen-bond acceptors (Lipinski definition) is 4. The van der Waals surface area contributed by atoms with E-state index in [1.165, 1.54) is 10.8 Å². The van der Waals surface area contributed by atoms with Gasteiger partial charge in [0.25, 0.3) is 0 Å². The van der Waals surface area contributed by atoms with Gasteiger partial charge < -0.3 is 14.5 Å². The number of nitrogens with one attached hydrogen (secondary N) is 1. The van der Waals surface area contributed by atoms with E-state index in [0.717, 1.165) is 77.9 Å². The van der Waals surface area contributed by atoms with Gasteiger partial charge in [-0.3, -0.25) is 0 Å². The molecule has 0 saturated carbocycles. The summed E-state index contributed by atoms with van der Waals surface area (Å²) < 4.78 is 4.62. The number of aliphatic imine (C=N–C) groups is 2. The van der Waals surface area contributed by atoms with Crippen molar-refractivity contribution in [1.29, 1.82) is 5.26 Å². The number of nitriles is 1. The second-order valence-corrected chi connectivity index (χ2v) is 14.5. The molecule has 1 unspecified atom stereocenters. The van der Waals surface area contributed by atoms with E-state index in [9.17, 15) is 5.26 Å². The highest BCUT2D eigenvalue weighted by Crippen LogP contribution is 2.45. The van der Waals surface area contributed by atoms with Gasteiger partial charge in [0.1, 0.15) is 18.1 Å². The topological polar surface area (TPSA) is 70.4 Å². The molecule has 1 atom stereocenters. The molecule has 0 spiro atoms. The van der Waals surface area contributed by atoms with Gasteiger partial charge in [0.2, 0.25) is 0 Å². The standard InChI is InChI=1S/C52H34N6/c53-33-36-21-14-28-42-48-39(38-26-15-31-45-47(38)40-24-10-12-29-43(40)57(45)37-22-8-3-9-23-37)27-16-32-46(48)58(49(36)42)44-30-13-11-25-41(44)52-55-50(34-17-4-1-5-18-34)54-51(56-52)35-19-6-2-7-20-35/h1-32,52H,(H,54,55,56). The summed E-state index contributed by atoms with van der Waals surface area (Å²) >= 11 is 0. The van der Waals surface area contributed by atoms with Crippen molar-refractivity contribution < 1.29 is 0 Å². The van der Waals surface area contributed by atoms with E-state index < -0.39 is 6.17 Å². The van der Waals surface area contributed by atoms with Gasteiger partial charge in [0, 0.05) is 43.9 Å². The maximum absolute atomic E-state index is 10.7. The summed E-state index contributed by atoms with van der Waals surface area (Å²) in [6, 6.07) is 69.7. The Balaban J connectivity index is 1.17. The fourth-order valence-electron chi connectivity index (χ4n) is 8.77. The normalized spacial score (nSPS) is 14.0. The fraction of sp³-hybridized carbons (Fsp3) is 0.0192. The first kappa shape index (κ1) is 33.3. The van der Waals surface area contributed by atoms with E-state index in [1.807, 2.05) is 60.7 Å². The zero-order chi connectivity index (χ0) is 38.6. The number of nitrogens with zero attached hydrogens (tertiary/aromatic N) is 5. The minimum absolute atomic E-state index is 0.470. The third-order valence-electron chi connectivity index (χ3n) is 11.2. The second-order valence-electron chi connectivity index (χ2n) is 14.5. The molecule has 8 aromatic carbocycles. The molecule has 0 aliphatic carbocycles. The molecule has 272 valence electrons. The van der Waals surface area contributed by atoms with Crippen LogP contribution in [0.25, 0.3) is 66.1 Å². The van der Waals surface area contributed by atoms with Gasteiger partial charge in [-0.25, -0.2) is 9.98 Å². The summed E-state index contributed by atoms with van der Waals surface area (Å²) in [7, 11) is 0. The lowest BCUT2D eigenvalue weighted by molar-refractivity contribution is 0.670. The number of aromatic nitrogens is 2. The van der Waals surface area contributed by atoms with Crippen LogP contribution in [0.1, 0.15) is 28.4 Å².